The number of hydrogen-bond acceptors (Lipinski definition) is 5. The van der Waals surface area contributed by atoms with Crippen molar-refractivity contribution in [3.63, 3.8) is 0 Å². The number of hydrogen-bond donors (Lipinski definition) is 0. The molecule has 1 aromatic heterocycles. The number of rotatable bonds is 3. The van der Waals surface area contributed by atoms with Crippen LogP contribution in [0, 0.1) is 21.4 Å². The minimum atomic E-state index is -3.15. The highest BCUT2D eigenvalue weighted by molar-refractivity contribution is 6.67. The van der Waals surface area contributed by atoms with Crippen molar-refractivity contribution in [1.29, 1.82) is 5.26 Å². The van der Waals surface area contributed by atoms with Gasteiger partial charge in [0.2, 0.25) is 0 Å². The summed E-state index contributed by atoms with van der Waals surface area (Å²) in [5, 5.41) is 17.7. The van der Waals surface area contributed by atoms with Crippen LogP contribution in [0.2, 0.25) is 0 Å². The second-order valence-electron chi connectivity index (χ2n) is 2.74. The van der Waals surface area contributed by atoms with Gasteiger partial charge in [-0.2, -0.15) is 5.26 Å². The van der Waals surface area contributed by atoms with Crippen LogP contribution in [0.4, 0.5) is 14.6 Å². The fraction of sp³-hybridized carbons (Fsp3) is 0.125. The van der Waals surface area contributed by atoms with E-state index in [0.29, 0.717) is 6.07 Å². The summed E-state index contributed by atoms with van der Waals surface area (Å²) in [6.07, 6.45) is -3.15. The topological polar surface area (TPSA) is 96.9 Å². The van der Waals surface area contributed by atoms with Crippen LogP contribution >= 0.6 is 11.6 Å². The highest BCUT2D eigenvalue weighted by atomic mass is 35.5. The number of carbonyl (C=O) groups is 1. The maximum absolute atomic E-state index is 12.5. The smallest absolute Gasteiger partial charge is 0.358 e. The van der Waals surface area contributed by atoms with E-state index in [0.717, 1.165) is 0 Å². The number of aromatic nitrogens is 1. The Bertz CT molecular complexity index is 542. The van der Waals surface area contributed by atoms with Crippen molar-refractivity contribution < 1.29 is 18.5 Å². The number of nitro groups is 1. The van der Waals surface area contributed by atoms with Gasteiger partial charge < -0.3 is 10.1 Å². The van der Waals surface area contributed by atoms with Gasteiger partial charge in [0.1, 0.15) is 11.6 Å². The van der Waals surface area contributed by atoms with Gasteiger partial charge in [-0.1, -0.05) is 0 Å². The molecule has 0 unspecified atom stereocenters. The third-order valence-corrected chi connectivity index (χ3v) is 1.94. The van der Waals surface area contributed by atoms with E-state index in [2.05, 4.69) is 4.98 Å². The molecule has 0 radical (unpaired) electrons. The normalized spacial score (nSPS) is 10.1. The molecule has 0 saturated heterocycles. The molecule has 0 N–H and O–H groups in total. The molecule has 0 aliphatic heterocycles. The van der Waals surface area contributed by atoms with Gasteiger partial charge in [0.15, 0.2) is 0 Å². The summed E-state index contributed by atoms with van der Waals surface area (Å²) in [6.45, 7) is 0. The van der Waals surface area contributed by atoms with Crippen molar-refractivity contribution >= 4 is 22.7 Å². The first kappa shape index (κ1) is 12.9. The van der Waals surface area contributed by atoms with Crippen LogP contribution in [0.5, 0.6) is 0 Å². The predicted molar refractivity (Wildman–Crippen MR) is 50.7 cm³/mol. The number of pyridine rings is 1. The van der Waals surface area contributed by atoms with Gasteiger partial charge in [-0.3, -0.25) is 4.79 Å². The van der Waals surface area contributed by atoms with Crippen molar-refractivity contribution in [2.24, 2.45) is 0 Å². The predicted octanol–water partition coefficient (Wildman–Crippen LogP) is 2.18. The molecule has 88 valence electrons. The van der Waals surface area contributed by atoms with Crippen molar-refractivity contribution in [3.8, 4) is 6.07 Å². The quantitative estimate of drug-likeness (QED) is 0.472. The second-order valence-corrected chi connectivity index (χ2v) is 3.08. The summed E-state index contributed by atoms with van der Waals surface area (Å²) in [4.78, 5) is 23.4. The van der Waals surface area contributed by atoms with Crippen LogP contribution in [0.3, 0.4) is 0 Å². The fourth-order valence-corrected chi connectivity index (χ4v) is 1.21. The number of nitriles is 1. The van der Waals surface area contributed by atoms with E-state index in [9.17, 15) is 23.7 Å². The van der Waals surface area contributed by atoms with E-state index in [4.69, 9.17) is 16.9 Å². The van der Waals surface area contributed by atoms with E-state index >= 15 is 0 Å². The molecule has 1 aromatic rings. The third kappa shape index (κ3) is 2.51. The molecule has 1 rings (SSSR count). The summed E-state index contributed by atoms with van der Waals surface area (Å²) in [6, 6.07) is 1.76. The van der Waals surface area contributed by atoms with Crippen molar-refractivity contribution in [2.45, 2.75) is 6.43 Å². The fourth-order valence-electron chi connectivity index (χ4n) is 1.08. The molecular formula is C8H2ClF2N3O3. The van der Waals surface area contributed by atoms with Gasteiger partial charge in [-0.25, -0.2) is 8.78 Å². The van der Waals surface area contributed by atoms with Crippen LogP contribution in [-0.4, -0.2) is 15.1 Å². The lowest BCUT2D eigenvalue weighted by molar-refractivity contribution is -0.389. The summed E-state index contributed by atoms with van der Waals surface area (Å²) in [7, 11) is 0. The zero-order chi connectivity index (χ0) is 13.2. The lowest BCUT2D eigenvalue weighted by atomic mass is 10.1. The second kappa shape index (κ2) is 4.80. The Morgan fingerprint density at radius 1 is 1.65 bits per heavy atom. The van der Waals surface area contributed by atoms with Gasteiger partial charge in [0, 0.05) is 11.6 Å². The number of halogens is 3. The first-order chi connectivity index (χ1) is 7.88. The minimum Gasteiger partial charge on any atom is -0.358 e. The van der Waals surface area contributed by atoms with Crippen LogP contribution in [0.1, 0.15) is 28.0 Å². The highest BCUT2D eigenvalue weighted by Crippen LogP contribution is 2.28. The first-order valence-corrected chi connectivity index (χ1v) is 4.33. The van der Waals surface area contributed by atoms with E-state index in [1.54, 1.807) is 0 Å². The Kier molecular flexibility index (Phi) is 3.65. The zero-order valence-electron chi connectivity index (χ0n) is 7.85. The average molecular weight is 262 g/mol. The van der Waals surface area contributed by atoms with Crippen LogP contribution in [0.25, 0.3) is 0 Å². The Balaban J connectivity index is 3.64. The van der Waals surface area contributed by atoms with Gasteiger partial charge in [-0.15, -0.1) is 0 Å². The molecule has 0 amide bonds. The minimum absolute atomic E-state index is 0.437. The van der Waals surface area contributed by atoms with Crippen molar-refractivity contribution in [2.75, 3.05) is 0 Å². The van der Waals surface area contributed by atoms with E-state index in [1.807, 2.05) is 0 Å². The van der Waals surface area contributed by atoms with Gasteiger partial charge in [0.05, 0.1) is 0 Å². The number of carbonyl (C=O) groups excluding carboxylic acids is 1. The maximum Gasteiger partial charge on any atom is 0.364 e. The van der Waals surface area contributed by atoms with E-state index < -0.39 is 39.2 Å². The summed E-state index contributed by atoms with van der Waals surface area (Å²) < 4.78 is 25.1. The largest absolute Gasteiger partial charge is 0.364 e. The van der Waals surface area contributed by atoms with Gasteiger partial charge >= 0.3 is 5.82 Å². The summed E-state index contributed by atoms with van der Waals surface area (Å²) >= 11 is 5.02. The molecular weight excluding hydrogens is 260 g/mol. The SMILES string of the molecule is N#Cc1c(C(F)F)cc([N+](=O)[O-])nc1C(=O)Cl. The molecule has 0 saturated carbocycles. The zero-order valence-corrected chi connectivity index (χ0v) is 8.61. The van der Waals surface area contributed by atoms with Crippen LogP contribution < -0.4 is 0 Å². The highest BCUT2D eigenvalue weighted by Gasteiger charge is 2.28. The molecule has 1 heterocycles. The molecule has 0 spiro atoms. The molecule has 0 atom stereocenters. The molecule has 0 aliphatic carbocycles. The monoisotopic (exact) mass is 261 g/mol. The Morgan fingerprint density at radius 2 is 2.24 bits per heavy atom. The Hall–Kier alpha value is -2.14. The number of alkyl halides is 2. The van der Waals surface area contributed by atoms with Crippen LogP contribution in [0.15, 0.2) is 6.07 Å². The summed E-state index contributed by atoms with van der Waals surface area (Å²) in [5.74, 6) is -0.969. The average Bonchev–Trinajstić information content (AvgIpc) is 2.26. The van der Waals surface area contributed by atoms with Crippen molar-refractivity contribution in [3.05, 3.63) is 33.0 Å². The standard InChI is InChI=1S/C8H2ClF2N3O3/c9-7(15)6-4(2-12)3(8(10)11)1-5(13-6)14(16)17/h1,8H. The van der Waals surface area contributed by atoms with Crippen molar-refractivity contribution in [1.82, 2.24) is 4.98 Å². The molecule has 0 aromatic carbocycles. The first-order valence-electron chi connectivity index (χ1n) is 3.96. The molecule has 6 nitrogen and oxygen atoms in total. The Morgan fingerprint density at radius 3 is 2.59 bits per heavy atom. The van der Waals surface area contributed by atoms with Crippen LogP contribution in [-0.2, 0) is 0 Å². The molecule has 0 aliphatic rings. The lowest BCUT2D eigenvalue weighted by Gasteiger charge is -2.03. The maximum atomic E-state index is 12.5. The van der Waals surface area contributed by atoms with E-state index in [-0.39, 0.29) is 0 Å². The molecule has 9 heteroatoms. The molecule has 0 bridgehead atoms. The summed E-state index contributed by atoms with van der Waals surface area (Å²) in [5.41, 5.74) is -2.55. The third-order valence-electron chi connectivity index (χ3n) is 1.76. The van der Waals surface area contributed by atoms with Gasteiger partial charge in [0.25, 0.3) is 17.4 Å². The number of nitrogens with zero attached hydrogens (tertiary/aromatic N) is 3. The molecule has 17 heavy (non-hydrogen) atoms. The Labute approximate surface area is 97.6 Å². The molecule has 0 fully saturated rings. The van der Waals surface area contributed by atoms with E-state index in [1.165, 1.54) is 6.07 Å². The lowest BCUT2D eigenvalue weighted by Crippen LogP contribution is -2.07. The van der Waals surface area contributed by atoms with Gasteiger partial charge in [-0.05, 0) is 21.5 Å².